The molecule has 11 heteroatoms. The highest BCUT2D eigenvalue weighted by Gasteiger charge is 2.51. The second-order valence-corrected chi connectivity index (χ2v) is 14.5. The third-order valence-electron chi connectivity index (χ3n) is 8.41. The number of rotatable bonds is 11. The van der Waals surface area contributed by atoms with Gasteiger partial charge in [-0.2, -0.15) is 11.8 Å². The Labute approximate surface area is 273 Å². The van der Waals surface area contributed by atoms with Crippen LogP contribution in [0.5, 0.6) is 5.75 Å². The van der Waals surface area contributed by atoms with Crippen molar-refractivity contribution in [1.29, 1.82) is 0 Å². The topological polar surface area (TPSA) is 123 Å². The molecule has 3 aromatic rings. The van der Waals surface area contributed by atoms with Crippen LogP contribution in [0.3, 0.4) is 0 Å². The largest absolute Gasteiger partial charge is 0.509 e. The van der Waals surface area contributed by atoms with Crippen LogP contribution in [0.15, 0.2) is 29.1 Å². The first kappa shape index (κ1) is 33.5. The Morgan fingerprint density at radius 2 is 1.87 bits per heavy atom. The molecule has 10 nitrogen and oxygen atoms in total. The summed E-state index contributed by atoms with van der Waals surface area (Å²) in [5.74, 6) is 0.00400. The first-order valence-corrected chi connectivity index (χ1v) is 17.0. The average Bonchev–Trinajstić information content (AvgIpc) is 3.38. The highest BCUT2D eigenvalue weighted by molar-refractivity contribution is 8.00. The van der Waals surface area contributed by atoms with Gasteiger partial charge in [-0.05, 0) is 49.1 Å². The van der Waals surface area contributed by atoms with Crippen LogP contribution in [0.25, 0.3) is 22.3 Å². The van der Waals surface area contributed by atoms with Crippen LogP contribution >= 0.6 is 11.8 Å². The van der Waals surface area contributed by atoms with Crippen molar-refractivity contribution >= 4 is 40.8 Å². The Kier molecular flexibility index (Phi) is 9.81. The van der Waals surface area contributed by atoms with E-state index in [0.29, 0.717) is 46.8 Å². The number of pyridine rings is 2. The molecule has 46 heavy (non-hydrogen) atoms. The van der Waals surface area contributed by atoms with Crippen molar-refractivity contribution in [2.24, 2.45) is 0 Å². The molecular weight excluding hydrogens is 608 g/mol. The SMILES string of the molecule is CCCCCC(=O)Oc1ccc2nc3c(c(CC)c2c1)Cn1c-3cc2c(c1=O)COC(=O)[C@@]2(CC)OC(=O)OCCSC(C)(C)C. The number of unbranched alkanes of at least 4 members (excludes halogenated alkanes) is 2. The number of esters is 2. The van der Waals surface area contributed by atoms with Crippen LogP contribution in [0.2, 0.25) is 0 Å². The van der Waals surface area contributed by atoms with Crippen molar-refractivity contribution in [3.05, 3.63) is 56.9 Å². The highest BCUT2D eigenvalue weighted by atomic mass is 32.2. The summed E-state index contributed by atoms with van der Waals surface area (Å²) in [5.41, 5.74) is 2.11. The number of aromatic nitrogens is 2. The first-order valence-electron chi connectivity index (χ1n) is 16.0. The van der Waals surface area contributed by atoms with Crippen molar-refractivity contribution in [1.82, 2.24) is 9.55 Å². The summed E-state index contributed by atoms with van der Waals surface area (Å²) in [5, 5.41) is 0.850. The van der Waals surface area contributed by atoms with Gasteiger partial charge in [-0.3, -0.25) is 9.59 Å². The number of nitrogens with zero attached hydrogens (tertiary/aromatic N) is 2. The van der Waals surface area contributed by atoms with E-state index >= 15 is 0 Å². The molecule has 0 bridgehead atoms. The predicted molar refractivity (Wildman–Crippen MR) is 176 cm³/mol. The Morgan fingerprint density at radius 1 is 1.09 bits per heavy atom. The van der Waals surface area contributed by atoms with Crippen LogP contribution in [0, 0.1) is 0 Å². The summed E-state index contributed by atoms with van der Waals surface area (Å²) in [7, 11) is 0. The fourth-order valence-electron chi connectivity index (χ4n) is 6.11. The number of fused-ring (bicyclic) bond motifs is 5. The number of carbonyl (C=O) groups is 3. The Hall–Kier alpha value is -3.86. The number of ether oxygens (including phenoxy) is 4. The fraction of sp³-hybridized carbons (Fsp3) is 0.514. The standard InChI is InChI=1S/C35H42N2O8S/c1-7-10-11-12-29(38)44-21-13-14-27-23(17-21)22(8-2)24-19-37-28(30(24)36-27)18-26-25(31(37)39)20-43-32(40)35(26,9-3)45-33(41)42-15-16-46-34(4,5)6/h13-14,17-18H,7-12,15-16,19-20H2,1-6H3/t35-/m0/s1. The summed E-state index contributed by atoms with van der Waals surface area (Å²) >= 11 is 1.64. The molecule has 2 aliphatic heterocycles. The zero-order valence-electron chi connectivity index (χ0n) is 27.4. The van der Waals surface area contributed by atoms with Gasteiger partial charge >= 0.3 is 18.1 Å². The maximum Gasteiger partial charge on any atom is 0.509 e. The Balaban J connectivity index is 1.50. The van der Waals surface area contributed by atoms with Gasteiger partial charge in [0.05, 0.1) is 29.0 Å². The zero-order chi connectivity index (χ0) is 33.2. The summed E-state index contributed by atoms with van der Waals surface area (Å²) in [4.78, 5) is 57.5. The molecule has 0 amide bonds. The molecule has 0 spiro atoms. The van der Waals surface area contributed by atoms with Gasteiger partial charge in [-0.1, -0.05) is 54.4 Å². The molecule has 2 aliphatic rings. The van der Waals surface area contributed by atoms with Gasteiger partial charge in [0.2, 0.25) is 5.60 Å². The summed E-state index contributed by atoms with van der Waals surface area (Å²) in [6.45, 7) is 12.2. The Bertz CT molecular complexity index is 1740. The minimum Gasteiger partial charge on any atom is -0.457 e. The lowest BCUT2D eigenvalue weighted by molar-refractivity contribution is -0.175. The fourth-order valence-corrected chi connectivity index (χ4v) is 6.89. The van der Waals surface area contributed by atoms with Gasteiger partial charge < -0.3 is 23.5 Å². The van der Waals surface area contributed by atoms with E-state index < -0.39 is 17.7 Å². The third-order valence-corrected chi connectivity index (χ3v) is 9.65. The normalized spacial score (nSPS) is 16.8. The van der Waals surface area contributed by atoms with Crippen LogP contribution < -0.4 is 10.3 Å². The van der Waals surface area contributed by atoms with Gasteiger partial charge in [0.25, 0.3) is 5.56 Å². The molecule has 0 N–H and O–H groups in total. The zero-order valence-corrected chi connectivity index (χ0v) is 28.3. The van der Waals surface area contributed by atoms with E-state index in [-0.39, 0.29) is 48.0 Å². The smallest absolute Gasteiger partial charge is 0.457 e. The number of cyclic esters (lactones) is 1. The summed E-state index contributed by atoms with van der Waals surface area (Å²) in [6.07, 6.45) is 2.84. The number of thioether (sulfide) groups is 1. The van der Waals surface area contributed by atoms with Gasteiger partial charge in [0.15, 0.2) is 0 Å². The molecule has 1 aromatic carbocycles. The number of aryl methyl sites for hydroxylation is 1. The van der Waals surface area contributed by atoms with Crippen molar-refractivity contribution in [2.75, 3.05) is 12.4 Å². The van der Waals surface area contributed by atoms with Crippen molar-refractivity contribution in [2.45, 2.75) is 104 Å². The molecule has 0 unspecified atom stereocenters. The molecule has 0 aliphatic carbocycles. The van der Waals surface area contributed by atoms with E-state index in [1.54, 1.807) is 35.4 Å². The Morgan fingerprint density at radius 3 is 2.57 bits per heavy atom. The van der Waals surface area contributed by atoms with E-state index in [9.17, 15) is 19.2 Å². The van der Waals surface area contributed by atoms with Gasteiger partial charge in [-0.15, -0.1) is 0 Å². The third kappa shape index (κ3) is 6.52. The van der Waals surface area contributed by atoms with E-state index in [4.69, 9.17) is 23.9 Å². The van der Waals surface area contributed by atoms with Crippen LogP contribution in [0.4, 0.5) is 4.79 Å². The van der Waals surface area contributed by atoms with Gasteiger partial charge in [0.1, 0.15) is 19.0 Å². The van der Waals surface area contributed by atoms with E-state index in [1.807, 2.05) is 19.1 Å². The maximum atomic E-state index is 14.0. The van der Waals surface area contributed by atoms with Crippen molar-refractivity contribution in [3.63, 3.8) is 0 Å². The molecule has 5 rings (SSSR count). The van der Waals surface area contributed by atoms with E-state index in [0.717, 1.165) is 35.8 Å². The van der Waals surface area contributed by atoms with E-state index in [1.165, 1.54) is 0 Å². The molecule has 0 saturated heterocycles. The minimum atomic E-state index is -1.83. The lowest BCUT2D eigenvalue weighted by Crippen LogP contribution is -2.47. The van der Waals surface area contributed by atoms with Crippen LogP contribution in [0.1, 0.15) is 95.9 Å². The molecule has 0 fully saturated rings. The minimum absolute atomic E-state index is 0.00286. The average molecular weight is 651 g/mol. The molecule has 0 saturated carbocycles. The maximum absolute atomic E-state index is 14.0. The number of hydrogen-bond acceptors (Lipinski definition) is 10. The molecular formula is C35H42N2O8S. The number of hydrogen-bond donors (Lipinski definition) is 0. The van der Waals surface area contributed by atoms with Gasteiger partial charge in [0, 0.05) is 33.4 Å². The lowest BCUT2D eigenvalue weighted by atomic mass is 9.85. The summed E-state index contributed by atoms with van der Waals surface area (Å²) < 4.78 is 23.8. The van der Waals surface area contributed by atoms with Crippen LogP contribution in [-0.4, -0.2) is 44.8 Å². The second-order valence-electron chi connectivity index (χ2n) is 12.6. The second kappa shape index (κ2) is 13.5. The highest BCUT2D eigenvalue weighted by Crippen LogP contribution is 2.42. The lowest BCUT2D eigenvalue weighted by Gasteiger charge is -2.35. The summed E-state index contributed by atoms with van der Waals surface area (Å²) in [6, 6.07) is 7.11. The number of benzene rings is 1. The molecule has 1 atom stereocenters. The van der Waals surface area contributed by atoms with E-state index in [2.05, 4.69) is 27.7 Å². The van der Waals surface area contributed by atoms with Crippen molar-refractivity contribution in [3.8, 4) is 17.1 Å². The predicted octanol–water partition coefficient (Wildman–Crippen LogP) is 6.82. The molecule has 2 aromatic heterocycles. The molecule has 0 radical (unpaired) electrons. The molecule has 246 valence electrons. The quantitative estimate of drug-likeness (QED) is 0.0971. The molecule has 4 heterocycles. The number of carbonyl (C=O) groups excluding carboxylic acids is 3. The van der Waals surface area contributed by atoms with Gasteiger partial charge in [-0.25, -0.2) is 14.6 Å². The van der Waals surface area contributed by atoms with Crippen LogP contribution in [-0.2, 0) is 49.0 Å². The first-order chi connectivity index (χ1) is 21.9. The monoisotopic (exact) mass is 650 g/mol. The van der Waals surface area contributed by atoms with Crippen molar-refractivity contribution < 1.29 is 33.3 Å².